The van der Waals surface area contributed by atoms with E-state index in [-0.39, 0.29) is 12.7 Å². The number of pyridine rings is 1. The van der Waals surface area contributed by atoms with E-state index in [9.17, 15) is 10.1 Å². The molecule has 1 saturated heterocycles. The summed E-state index contributed by atoms with van der Waals surface area (Å²) in [7, 11) is 0. The first-order chi connectivity index (χ1) is 13.8. The lowest BCUT2D eigenvalue weighted by atomic mass is 10.1. The zero-order valence-electron chi connectivity index (χ0n) is 15.4. The lowest BCUT2D eigenvalue weighted by Crippen LogP contribution is -2.49. The van der Waals surface area contributed by atoms with Crippen molar-refractivity contribution in [2.45, 2.75) is 6.61 Å². The first-order valence-corrected chi connectivity index (χ1v) is 9.24. The number of hydrogen-bond acceptors (Lipinski definition) is 5. The van der Waals surface area contributed by atoms with E-state index in [4.69, 9.17) is 4.74 Å². The molecule has 0 N–H and O–H groups in total. The summed E-state index contributed by atoms with van der Waals surface area (Å²) in [5.41, 5.74) is 3.28. The van der Waals surface area contributed by atoms with Gasteiger partial charge in [0, 0.05) is 37.8 Å². The van der Waals surface area contributed by atoms with E-state index < -0.39 is 0 Å². The molecule has 0 saturated carbocycles. The quantitative estimate of drug-likeness (QED) is 0.703. The van der Waals surface area contributed by atoms with Crippen LogP contribution in [-0.4, -0.2) is 42.2 Å². The van der Waals surface area contributed by atoms with Crippen LogP contribution in [0.25, 0.3) is 10.9 Å². The van der Waals surface area contributed by atoms with Crippen molar-refractivity contribution in [2.24, 2.45) is 0 Å². The molecule has 0 radical (unpaired) electrons. The number of carbonyl (C=O) groups is 1. The molecule has 28 heavy (non-hydrogen) atoms. The topological polar surface area (TPSA) is 69.5 Å². The van der Waals surface area contributed by atoms with Gasteiger partial charge in [-0.3, -0.25) is 4.98 Å². The second-order valence-corrected chi connectivity index (χ2v) is 6.66. The summed E-state index contributed by atoms with van der Waals surface area (Å²) in [6, 6.07) is 19.7. The first-order valence-electron chi connectivity index (χ1n) is 9.24. The number of rotatable bonds is 3. The van der Waals surface area contributed by atoms with Crippen LogP contribution in [0, 0.1) is 11.3 Å². The Kier molecular flexibility index (Phi) is 5.07. The molecule has 0 atom stereocenters. The number of carbonyl (C=O) groups excluding carboxylic acids is 1. The molecule has 1 fully saturated rings. The highest BCUT2D eigenvalue weighted by Gasteiger charge is 2.25. The minimum absolute atomic E-state index is 0.271. The van der Waals surface area contributed by atoms with Gasteiger partial charge in [0.25, 0.3) is 0 Å². The molecule has 6 heteroatoms. The zero-order valence-corrected chi connectivity index (χ0v) is 15.4. The number of nitriles is 1. The Bertz CT molecular complexity index is 1020. The number of benzene rings is 2. The van der Waals surface area contributed by atoms with Gasteiger partial charge in [-0.15, -0.1) is 0 Å². The molecule has 3 aromatic rings. The highest BCUT2D eigenvalue weighted by Crippen LogP contribution is 2.30. The van der Waals surface area contributed by atoms with Crippen molar-refractivity contribution in [3.63, 3.8) is 0 Å². The highest BCUT2D eigenvalue weighted by molar-refractivity contribution is 5.94. The van der Waals surface area contributed by atoms with Crippen molar-refractivity contribution in [1.29, 1.82) is 5.26 Å². The van der Waals surface area contributed by atoms with Gasteiger partial charge in [-0.2, -0.15) is 5.26 Å². The van der Waals surface area contributed by atoms with E-state index in [1.807, 2.05) is 54.6 Å². The first kappa shape index (κ1) is 17.8. The van der Waals surface area contributed by atoms with Gasteiger partial charge in [0.05, 0.1) is 16.8 Å². The molecule has 1 amide bonds. The standard InChI is InChI=1S/C22H20N4O2/c23-14-18-15-24-20-9-5-4-8-19(20)21(18)25-10-12-26(13-11-25)22(27)28-16-17-6-2-1-3-7-17/h1-9,15H,10-13,16H2. The van der Waals surface area contributed by atoms with Gasteiger partial charge >= 0.3 is 6.09 Å². The fraction of sp³-hybridized carbons (Fsp3) is 0.227. The largest absolute Gasteiger partial charge is 0.445 e. The lowest BCUT2D eigenvalue weighted by Gasteiger charge is -2.36. The predicted octanol–water partition coefficient (Wildman–Crippen LogP) is 3.57. The van der Waals surface area contributed by atoms with Gasteiger partial charge in [-0.25, -0.2) is 4.79 Å². The molecule has 4 rings (SSSR count). The van der Waals surface area contributed by atoms with Crippen molar-refractivity contribution in [1.82, 2.24) is 9.88 Å². The van der Waals surface area contributed by atoms with E-state index >= 15 is 0 Å². The Morgan fingerprint density at radius 1 is 1.04 bits per heavy atom. The second-order valence-electron chi connectivity index (χ2n) is 6.66. The van der Waals surface area contributed by atoms with E-state index in [1.165, 1.54) is 0 Å². The van der Waals surface area contributed by atoms with Gasteiger partial charge < -0.3 is 14.5 Å². The number of amides is 1. The zero-order chi connectivity index (χ0) is 19.3. The molecule has 0 bridgehead atoms. The summed E-state index contributed by atoms with van der Waals surface area (Å²) < 4.78 is 5.43. The van der Waals surface area contributed by atoms with Crippen molar-refractivity contribution in [3.05, 3.63) is 71.9 Å². The minimum atomic E-state index is -0.302. The minimum Gasteiger partial charge on any atom is -0.445 e. The summed E-state index contributed by atoms with van der Waals surface area (Å²) in [6.45, 7) is 2.66. The van der Waals surface area contributed by atoms with Gasteiger partial charge in [0.15, 0.2) is 0 Å². The van der Waals surface area contributed by atoms with Gasteiger partial charge in [-0.1, -0.05) is 48.5 Å². The van der Waals surface area contributed by atoms with Crippen molar-refractivity contribution in [3.8, 4) is 6.07 Å². The number of anilines is 1. The van der Waals surface area contributed by atoms with Crippen LogP contribution in [-0.2, 0) is 11.3 Å². The molecule has 1 aliphatic rings. The Hall–Kier alpha value is -3.59. The number of nitrogens with zero attached hydrogens (tertiary/aromatic N) is 4. The predicted molar refractivity (Wildman–Crippen MR) is 107 cm³/mol. The van der Waals surface area contributed by atoms with E-state index in [1.54, 1.807) is 11.1 Å². The number of para-hydroxylation sites is 1. The maximum absolute atomic E-state index is 12.4. The number of hydrogen-bond donors (Lipinski definition) is 0. The second kappa shape index (κ2) is 7.97. The Morgan fingerprint density at radius 2 is 1.75 bits per heavy atom. The van der Waals surface area contributed by atoms with E-state index in [0.29, 0.717) is 31.7 Å². The summed E-state index contributed by atoms with van der Waals surface area (Å²) in [5.74, 6) is 0. The van der Waals surface area contributed by atoms with E-state index in [2.05, 4.69) is 16.0 Å². The monoisotopic (exact) mass is 372 g/mol. The summed E-state index contributed by atoms with van der Waals surface area (Å²) in [4.78, 5) is 20.6. The Labute approximate surface area is 163 Å². The average molecular weight is 372 g/mol. The van der Waals surface area contributed by atoms with Gasteiger partial charge in [-0.05, 0) is 11.6 Å². The van der Waals surface area contributed by atoms with E-state index in [0.717, 1.165) is 22.2 Å². The number of aromatic nitrogens is 1. The maximum Gasteiger partial charge on any atom is 0.410 e. The molecular weight excluding hydrogens is 352 g/mol. The number of fused-ring (bicyclic) bond motifs is 1. The van der Waals surface area contributed by atoms with Gasteiger partial charge in [0.1, 0.15) is 12.7 Å². The molecule has 140 valence electrons. The molecule has 6 nitrogen and oxygen atoms in total. The normalized spacial score (nSPS) is 14.0. The van der Waals surface area contributed by atoms with Crippen LogP contribution in [0.15, 0.2) is 60.8 Å². The van der Waals surface area contributed by atoms with Crippen LogP contribution < -0.4 is 4.90 Å². The third kappa shape index (κ3) is 3.60. The molecule has 1 aliphatic heterocycles. The summed E-state index contributed by atoms with van der Waals surface area (Å²) in [5, 5.41) is 10.5. The highest BCUT2D eigenvalue weighted by atomic mass is 16.6. The maximum atomic E-state index is 12.4. The Morgan fingerprint density at radius 3 is 2.50 bits per heavy atom. The van der Waals surface area contributed by atoms with Crippen LogP contribution in [0.1, 0.15) is 11.1 Å². The fourth-order valence-corrected chi connectivity index (χ4v) is 3.47. The smallest absolute Gasteiger partial charge is 0.410 e. The molecule has 2 heterocycles. The van der Waals surface area contributed by atoms with Crippen molar-refractivity contribution >= 4 is 22.7 Å². The molecule has 0 spiro atoms. The number of piperazine rings is 1. The summed E-state index contributed by atoms with van der Waals surface area (Å²) >= 11 is 0. The third-order valence-electron chi connectivity index (χ3n) is 4.93. The molecule has 1 aromatic heterocycles. The van der Waals surface area contributed by atoms with Crippen molar-refractivity contribution < 1.29 is 9.53 Å². The number of ether oxygens (including phenoxy) is 1. The van der Waals surface area contributed by atoms with Crippen LogP contribution >= 0.6 is 0 Å². The summed E-state index contributed by atoms with van der Waals surface area (Å²) in [6.07, 6.45) is 1.32. The Balaban J connectivity index is 1.44. The van der Waals surface area contributed by atoms with Crippen LogP contribution in [0.4, 0.5) is 10.5 Å². The lowest BCUT2D eigenvalue weighted by molar-refractivity contribution is 0.0942. The third-order valence-corrected chi connectivity index (χ3v) is 4.93. The SMILES string of the molecule is N#Cc1cnc2ccccc2c1N1CCN(C(=O)OCc2ccccc2)CC1. The van der Waals surface area contributed by atoms with Crippen LogP contribution in [0.5, 0.6) is 0 Å². The average Bonchev–Trinajstić information content (AvgIpc) is 2.77. The molecule has 0 unspecified atom stereocenters. The molecule has 0 aliphatic carbocycles. The van der Waals surface area contributed by atoms with Gasteiger partial charge in [0.2, 0.25) is 0 Å². The molecular formula is C22H20N4O2. The van der Waals surface area contributed by atoms with Crippen LogP contribution in [0.3, 0.4) is 0 Å². The fourth-order valence-electron chi connectivity index (χ4n) is 3.47. The van der Waals surface area contributed by atoms with Crippen LogP contribution in [0.2, 0.25) is 0 Å². The molecule has 2 aromatic carbocycles. The van der Waals surface area contributed by atoms with Crippen molar-refractivity contribution in [2.75, 3.05) is 31.1 Å².